The second-order valence-corrected chi connectivity index (χ2v) is 6.54. The van der Waals surface area contributed by atoms with Crippen molar-refractivity contribution in [3.63, 3.8) is 0 Å². The van der Waals surface area contributed by atoms with Crippen LogP contribution in [-0.4, -0.2) is 24.0 Å². The average Bonchev–Trinajstić information content (AvgIpc) is 2.66. The molecule has 0 saturated heterocycles. The minimum atomic E-state index is -0.509. The molecule has 0 fully saturated rings. The molecule has 0 aliphatic carbocycles. The standard InChI is InChI=1S/C21H19FN2O4/c1-12(2)28-19-11-17-14(10-18(19)24(26)27)6-9-16(20(17)21(25)23-3)13-4-7-15(22)8-5-13/h4-12H,1-3H3,(H,23,25). The van der Waals surface area contributed by atoms with Crippen LogP contribution >= 0.6 is 0 Å². The van der Waals surface area contributed by atoms with Crippen LogP contribution in [0.3, 0.4) is 0 Å². The zero-order valence-electron chi connectivity index (χ0n) is 15.7. The molecule has 7 heteroatoms. The Balaban J connectivity index is 2.34. The first-order valence-corrected chi connectivity index (χ1v) is 8.71. The highest BCUT2D eigenvalue weighted by molar-refractivity contribution is 6.13. The third-order valence-corrected chi connectivity index (χ3v) is 4.27. The minimum absolute atomic E-state index is 0.0916. The SMILES string of the molecule is CNC(=O)c1c(-c2ccc(F)cc2)ccc2cc([N+](=O)[O-])c(OC(C)C)cc12. The smallest absolute Gasteiger partial charge is 0.311 e. The molecule has 0 heterocycles. The fourth-order valence-corrected chi connectivity index (χ4v) is 3.07. The molecule has 144 valence electrons. The molecule has 3 aromatic rings. The van der Waals surface area contributed by atoms with E-state index in [0.29, 0.717) is 27.5 Å². The average molecular weight is 382 g/mol. The number of carbonyl (C=O) groups excluding carboxylic acids is 1. The van der Waals surface area contributed by atoms with Gasteiger partial charge in [-0.3, -0.25) is 14.9 Å². The van der Waals surface area contributed by atoms with Crippen molar-refractivity contribution in [1.82, 2.24) is 5.32 Å². The Morgan fingerprint density at radius 3 is 2.39 bits per heavy atom. The van der Waals surface area contributed by atoms with E-state index < -0.39 is 4.92 Å². The molecule has 1 amide bonds. The summed E-state index contributed by atoms with van der Waals surface area (Å²) in [5.41, 5.74) is 1.43. The number of ether oxygens (including phenoxy) is 1. The minimum Gasteiger partial charge on any atom is -0.484 e. The van der Waals surface area contributed by atoms with Crippen LogP contribution in [0.2, 0.25) is 0 Å². The van der Waals surface area contributed by atoms with Crippen LogP contribution in [0.1, 0.15) is 24.2 Å². The maximum absolute atomic E-state index is 13.3. The molecule has 0 radical (unpaired) electrons. The zero-order chi connectivity index (χ0) is 20.4. The zero-order valence-corrected chi connectivity index (χ0v) is 15.7. The first-order valence-electron chi connectivity index (χ1n) is 8.71. The summed E-state index contributed by atoms with van der Waals surface area (Å²) < 4.78 is 18.9. The van der Waals surface area contributed by atoms with Crippen LogP contribution in [0.15, 0.2) is 48.5 Å². The Morgan fingerprint density at radius 2 is 1.82 bits per heavy atom. The lowest BCUT2D eigenvalue weighted by atomic mass is 9.93. The summed E-state index contributed by atoms with van der Waals surface area (Å²) in [5, 5.41) is 15.1. The van der Waals surface area contributed by atoms with E-state index in [1.165, 1.54) is 31.3 Å². The monoisotopic (exact) mass is 382 g/mol. The van der Waals surface area contributed by atoms with Crippen molar-refractivity contribution in [2.24, 2.45) is 0 Å². The van der Waals surface area contributed by atoms with Gasteiger partial charge < -0.3 is 10.1 Å². The van der Waals surface area contributed by atoms with Crippen LogP contribution < -0.4 is 10.1 Å². The predicted molar refractivity (Wildman–Crippen MR) is 105 cm³/mol. The van der Waals surface area contributed by atoms with Crippen molar-refractivity contribution in [2.45, 2.75) is 20.0 Å². The van der Waals surface area contributed by atoms with Crippen molar-refractivity contribution in [2.75, 3.05) is 7.05 Å². The Bertz CT molecular complexity index is 1060. The van der Waals surface area contributed by atoms with E-state index in [1.54, 1.807) is 38.1 Å². The summed E-state index contributed by atoms with van der Waals surface area (Å²) >= 11 is 0. The third kappa shape index (κ3) is 3.64. The van der Waals surface area contributed by atoms with Crippen LogP contribution in [0.25, 0.3) is 21.9 Å². The Labute approximate surface area is 161 Å². The molecule has 0 spiro atoms. The van der Waals surface area contributed by atoms with E-state index in [9.17, 15) is 19.3 Å². The number of nitrogens with zero attached hydrogens (tertiary/aromatic N) is 1. The van der Waals surface area contributed by atoms with Gasteiger partial charge in [0.1, 0.15) is 5.82 Å². The van der Waals surface area contributed by atoms with E-state index in [4.69, 9.17) is 4.74 Å². The highest BCUT2D eigenvalue weighted by Crippen LogP contribution is 2.37. The lowest BCUT2D eigenvalue weighted by Gasteiger charge is -2.15. The summed E-state index contributed by atoms with van der Waals surface area (Å²) in [4.78, 5) is 23.6. The Kier molecular flexibility index (Phi) is 5.26. The third-order valence-electron chi connectivity index (χ3n) is 4.27. The molecule has 6 nitrogen and oxygen atoms in total. The summed E-state index contributed by atoms with van der Waals surface area (Å²) in [7, 11) is 1.51. The maximum Gasteiger partial charge on any atom is 0.311 e. The van der Waals surface area contributed by atoms with E-state index in [2.05, 4.69) is 5.32 Å². The molecule has 0 atom stereocenters. The van der Waals surface area contributed by atoms with E-state index in [0.717, 1.165) is 0 Å². The number of nitro groups is 1. The number of rotatable bonds is 5. The van der Waals surface area contributed by atoms with Crippen LogP contribution in [0.4, 0.5) is 10.1 Å². The first-order chi connectivity index (χ1) is 13.3. The van der Waals surface area contributed by atoms with Crippen LogP contribution in [-0.2, 0) is 0 Å². The van der Waals surface area contributed by atoms with Crippen LogP contribution in [0.5, 0.6) is 5.75 Å². The second kappa shape index (κ2) is 7.64. The molecule has 3 rings (SSSR count). The van der Waals surface area contributed by atoms with Gasteiger partial charge in [-0.1, -0.05) is 24.3 Å². The highest BCUT2D eigenvalue weighted by atomic mass is 19.1. The highest BCUT2D eigenvalue weighted by Gasteiger charge is 2.22. The number of nitrogens with one attached hydrogen (secondary N) is 1. The van der Waals surface area contributed by atoms with Crippen LogP contribution in [0, 0.1) is 15.9 Å². The van der Waals surface area contributed by atoms with Gasteiger partial charge in [-0.05, 0) is 53.9 Å². The molecule has 3 aromatic carbocycles. The number of halogens is 1. The van der Waals surface area contributed by atoms with Crippen molar-refractivity contribution in [3.8, 4) is 16.9 Å². The second-order valence-electron chi connectivity index (χ2n) is 6.54. The van der Waals surface area contributed by atoms with Crippen molar-refractivity contribution in [3.05, 3.63) is 70.0 Å². The number of fused-ring (bicyclic) bond motifs is 1. The molecule has 1 N–H and O–H groups in total. The summed E-state index contributed by atoms with van der Waals surface area (Å²) in [6, 6.07) is 12.1. The van der Waals surface area contributed by atoms with Gasteiger partial charge >= 0.3 is 5.69 Å². The summed E-state index contributed by atoms with van der Waals surface area (Å²) in [6.45, 7) is 3.53. The van der Waals surface area contributed by atoms with E-state index in [-0.39, 0.29) is 29.3 Å². The molecule has 0 aliphatic heterocycles. The van der Waals surface area contributed by atoms with Crippen molar-refractivity contribution in [1.29, 1.82) is 0 Å². The van der Waals surface area contributed by atoms with E-state index >= 15 is 0 Å². The fraction of sp³-hybridized carbons (Fsp3) is 0.190. The summed E-state index contributed by atoms with van der Waals surface area (Å²) in [5.74, 6) is -0.641. The van der Waals surface area contributed by atoms with Gasteiger partial charge in [-0.25, -0.2) is 4.39 Å². The van der Waals surface area contributed by atoms with Gasteiger partial charge in [0, 0.05) is 13.1 Å². The van der Waals surface area contributed by atoms with Gasteiger partial charge in [0.2, 0.25) is 0 Å². The lowest BCUT2D eigenvalue weighted by Crippen LogP contribution is -2.19. The summed E-state index contributed by atoms with van der Waals surface area (Å²) in [6.07, 6.45) is -0.278. The Hall–Kier alpha value is -3.48. The van der Waals surface area contributed by atoms with Gasteiger partial charge in [-0.15, -0.1) is 0 Å². The number of nitro benzene ring substituents is 1. The topological polar surface area (TPSA) is 81.5 Å². The number of hydrogen-bond acceptors (Lipinski definition) is 4. The quantitative estimate of drug-likeness (QED) is 0.512. The van der Waals surface area contributed by atoms with Gasteiger partial charge in [-0.2, -0.15) is 0 Å². The molecular weight excluding hydrogens is 363 g/mol. The molecule has 0 bridgehead atoms. The maximum atomic E-state index is 13.3. The molecule has 0 aromatic heterocycles. The van der Waals surface area contributed by atoms with E-state index in [1.807, 2.05) is 0 Å². The largest absolute Gasteiger partial charge is 0.484 e. The van der Waals surface area contributed by atoms with Crippen molar-refractivity contribution >= 4 is 22.4 Å². The van der Waals surface area contributed by atoms with Gasteiger partial charge in [0.05, 0.1) is 16.6 Å². The number of amides is 1. The molecule has 0 aliphatic rings. The Morgan fingerprint density at radius 1 is 1.14 bits per heavy atom. The van der Waals surface area contributed by atoms with Gasteiger partial charge in [0.15, 0.2) is 5.75 Å². The van der Waals surface area contributed by atoms with Crippen molar-refractivity contribution < 1.29 is 18.8 Å². The lowest BCUT2D eigenvalue weighted by molar-refractivity contribution is -0.385. The normalized spacial score (nSPS) is 10.9. The van der Waals surface area contributed by atoms with Gasteiger partial charge in [0.25, 0.3) is 5.91 Å². The predicted octanol–water partition coefficient (Wildman–Crippen LogP) is 4.70. The number of carbonyl (C=O) groups is 1. The molecular formula is C21H19FN2O4. The molecule has 0 unspecified atom stereocenters. The fourth-order valence-electron chi connectivity index (χ4n) is 3.07. The first kappa shape index (κ1) is 19.3. The number of hydrogen-bond donors (Lipinski definition) is 1. The molecule has 28 heavy (non-hydrogen) atoms. The molecule has 0 saturated carbocycles. The number of benzene rings is 3.